The first-order valence-electron chi connectivity index (χ1n) is 8.02. The Kier molecular flexibility index (Phi) is 6.26. The molecule has 0 spiro atoms. The Morgan fingerprint density at radius 1 is 1.35 bits per heavy atom. The second-order valence-electron chi connectivity index (χ2n) is 6.19. The number of carbonyl (C=O) groups is 1. The molecule has 2 heterocycles. The molecule has 2 atom stereocenters. The van der Waals surface area contributed by atoms with Gasteiger partial charge in [-0.1, -0.05) is 0 Å². The van der Waals surface area contributed by atoms with Crippen LogP contribution in [0.15, 0.2) is 0 Å². The van der Waals surface area contributed by atoms with Gasteiger partial charge in [0.25, 0.3) is 0 Å². The minimum absolute atomic E-state index is 0.200. The SMILES string of the molecule is CC(N)CCCC(=O)N1CCN(CC2CCCO2)CC1. The zero-order chi connectivity index (χ0) is 14.4. The average Bonchev–Trinajstić information content (AvgIpc) is 2.92. The largest absolute Gasteiger partial charge is 0.377 e. The van der Waals surface area contributed by atoms with Gasteiger partial charge in [0.1, 0.15) is 0 Å². The number of nitrogens with zero attached hydrogens (tertiary/aromatic N) is 2. The van der Waals surface area contributed by atoms with E-state index in [1.807, 2.05) is 11.8 Å². The molecule has 0 saturated carbocycles. The number of amides is 1. The summed E-state index contributed by atoms with van der Waals surface area (Å²) in [6.45, 7) is 7.65. The van der Waals surface area contributed by atoms with Gasteiger partial charge in [0, 0.05) is 51.8 Å². The van der Waals surface area contributed by atoms with Crippen LogP contribution in [0.25, 0.3) is 0 Å². The molecule has 5 heteroatoms. The molecule has 0 aromatic heterocycles. The molecule has 0 aromatic rings. The van der Waals surface area contributed by atoms with E-state index in [4.69, 9.17) is 10.5 Å². The van der Waals surface area contributed by atoms with E-state index < -0.39 is 0 Å². The number of carbonyl (C=O) groups excluding carboxylic acids is 1. The lowest BCUT2D eigenvalue weighted by atomic mass is 10.1. The van der Waals surface area contributed by atoms with Gasteiger partial charge in [0.2, 0.25) is 5.91 Å². The highest BCUT2D eigenvalue weighted by Crippen LogP contribution is 2.15. The number of hydrogen-bond donors (Lipinski definition) is 1. The summed E-state index contributed by atoms with van der Waals surface area (Å²) in [5, 5.41) is 0. The Morgan fingerprint density at radius 3 is 2.70 bits per heavy atom. The molecule has 2 aliphatic rings. The maximum absolute atomic E-state index is 12.1. The molecule has 116 valence electrons. The average molecular weight is 283 g/mol. The fraction of sp³-hybridized carbons (Fsp3) is 0.933. The first-order valence-corrected chi connectivity index (χ1v) is 8.02. The van der Waals surface area contributed by atoms with E-state index in [0.717, 1.165) is 52.2 Å². The monoisotopic (exact) mass is 283 g/mol. The van der Waals surface area contributed by atoms with Crippen LogP contribution in [-0.4, -0.2) is 67.2 Å². The fourth-order valence-corrected chi connectivity index (χ4v) is 2.99. The van der Waals surface area contributed by atoms with Crippen molar-refractivity contribution in [1.82, 2.24) is 9.80 Å². The lowest BCUT2D eigenvalue weighted by molar-refractivity contribution is -0.133. The standard InChI is InChI=1S/C15H29N3O2/c1-13(16)4-2-6-15(19)18-9-7-17(8-10-18)12-14-5-3-11-20-14/h13-14H,2-12,16H2,1H3. The Hall–Kier alpha value is -0.650. The highest BCUT2D eigenvalue weighted by molar-refractivity contribution is 5.76. The summed E-state index contributed by atoms with van der Waals surface area (Å²) in [5.74, 6) is 0.294. The normalized spacial score (nSPS) is 25.9. The molecule has 0 radical (unpaired) electrons. The van der Waals surface area contributed by atoms with Crippen molar-refractivity contribution in [3.8, 4) is 0 Å². The summed E-state index contributed by atoms with van der Waals surface area (Å²) in [7, 11) is 0. The summed E-state index contributed by atoms with van der Waals surface area (Å²) < 4.78 is 5.67. The van der Waals surface area contributed by atoms with E-state index in [1.54, 1.807) is 0 Å². The Balaban J connectivity index is 1.61. The summed E-state index contributed by atoms with van der Waals surface area (Å²) in [5.41, 5.74) is 5.71. The highest BCUT2D eigenvalue weighted by Gasteiger charge is 2.24. The third-order valence-corrected chi connectivity index (χ3v) is 4.26. The maximum Gasteiger partial charge on any atom is 0.222 e. The van der Waals surface area contributed by atoms with Gasteiger partial charge in [0.05, 0.1) is 6.10 Å². The molecule has 5 nitrogen and oxygen atoms in total. The number of rotatable bonds is 6. The quantitative estimate of drug-likeness (QED) is 0.784. The van der Waals surface area contributed by atoms with Crippen LogP contribution in [0.2, 0.25) is 0 Å². The second-order valence-corrected chi connectivity index (χ2v) is 6.19. The molecule has 20 heavy (non-hydrogen) atoms. The predicted molar refractivity (Wildman–Crippen MR) is 79.5 cm³/mol. The minimum Gasteiger partial charge on any atom is -0.377 e. The second kappa shape index (κ2) is 7.96. The molecular weight excluding hydrogens is 254 g/mol. The molecule has 1 amide bonds. The number of piperazine rings is 1. The topological polar surface area (TPSA) is 58.8 Å². The van der Waals surface area contributed by atoms with Crippen molar-refractivity contribution < 1.29 is 9.53 Å². The van der Waals surface area contributed by atoms with Gasteiger partial charge in [0.15, 0.2) is 0 Å². The molecule has 2 N–H and O–H groups in total. The van der Waals surface area contributed by atoms with Crippen molar-refractivity contribution in [1.29, 1.82) is 0 Å². The molecule has 2 saturated heterocycles. The third-order valence-electron chi connectivity index (χ3n) is 4.26. The van der Waals surface area contributed by atoms with Crippen LogP contribution < -0.4 is 5.73 Å². The summed E-state index contributed by atoms with van der Waals surface area (Å²) in [6.07, 6.45) is 5.30. The Bertz CT molecular complexity index is 295. The van der Waals surface area contributed by atoms with Crippen LogP contribution in [0, 0.1) is 0 Å². The van der Waals surface area contributed by atoms with Gasteiger partial charge in [-0.15, -0.1) is 0 Å². The third kappa shape index (κ3) is 5.04. The van der Waals surface area contributed by atoms with Crippen LogP contribution in [0.3, 0.4) is 0 Å². The van der Waals surface area contributed by atoms with Gasteiger partial charge in [-0.05, 0) is 32.6 Å². The van der Waals surface area contributed by atoms with Crippen molar-refractivity contribution in [3.63, 3.8) is 0 Å². The van der Waals surface area contributed by atoms with Gasteiger partial charge in [-0.3, -0.25) is 9.69 Å². The van der Waals surface area contributed by atoms with Crippen LogP contribution in [-0.2, 0) is 9.53 Å². The molecule has 2 fully saturated rings. The maximum atomic E-state index is 12.1. The van der Waals surface area contributed by atoms with E-state index in [9.17, 15) is 4.79 Å². The molecular formula is C15H29N3O2. The lowest BCUT2D eigenvalue weighted by Gasteiger charge is -2.35. The number of hydrogen-bond acceptors (Lipinski definition) is 4. The van der Waals surface area contributed by atoms with E-state index in [-0.39, 0.29) is 6.04 Å². The molecule has 0 aliphatic carbocycles. The van der Waals surface area contributed by atoms with Crippen LogP contribution in [0.4, 0.5) is 0 Å². The molecule has 0 bridgehead atoms. The van der Waals surface area contributed by atoms with Crippen molar-refractivity contribution >= 4 is 5.91 Å². The van der Waals surface area contributed by atoms with Crippen molar-refractivity contribution in [2.24, 2.45) is 5.73 Å². The first kappa shape index (κ1) is 15.7. The summed E-state index contributed by atoms with van der Waals surface area (Å²) >= 11 is 0. The summed E-state index contributed by atoms with van der Waals surface area (Å²) in [6, 6.07) is 0.200. The fourth-order valence-electron chi connectivity index (χ4n) is 2.99. The minimum atomic E-state index is 0.200. The summed E-state index contributed by atoms with van der Waals surface area (Å²) in [4.78, 5) is 16.5. The van der Waals surface area contributed by atoms with E-state index in [2.05, 4.69) is 4.90 Å². The molecule has 2 aliphatic heterocycles. The number of nitrogens with two attached hydrogens (primary N) is 1. The molecule has 2 unspecified atom stereocenters. The zero-order valence-electron chi connectivity index (χ0n) is 12.7. The predicted octanol–water partition coefficient (Wildman–Crippen LogP) is 0.827. The van der Waals surface area contributed by atoms with Crippen LogP contribution in [0.1, 0.15) is 39.0 Å². The van der Waals surface area contributed by atoms with Crippen LogP contribution >= 0.6 is 0 Å². The molecule has 2 rings (SSSR count). The first-order chi connectivity index (χ1) is 9.65. The van der Waals surface area contributed by atoms with Crippen molar-refractivity contribution in [2.45, 2.75) is 51.2 Å². The lowest BCUT2D eigenvalue weighted by Crippen LogP contribution is -2.50. The smallest absolute Gasteiger partial charge is 0.222 e. The van der Waals surface area contributed by atoms with Crippen molar-refractivity contribution in [2.75, 3.05) is 39.3 Å². The Morgan fingerprint density at radius 2 is 2.10 bits per heavy atom. The molecule has 0 aromatic carbocycles. The van der Waals surface area contributed by atoms with Crippen LogP contribution in [0.5, 0.6) is 0 Å². The highest BCUT2D eigenvalue weighted by atomic mass is 16.5. The van der Waals surface area contributed by atoms with Gasteiger partial charge >= 0.3 is 0 Å². The Labute approximate surface area is 122 Å². The van der Waals surface area contributed by atoms with Crippen molar-refractivity contribution in [3.05, 3.63) is 0 Å². The van der Waals surface area contributed by atoms with E-state index in [1.165, 1.54) is 12.8 Å². The van der Waals surface area contributed by atoms with E-state index in [0.29, 0.717) is 18.4 Å². The zero-order valence-corrected chi connectivity index (χ0v) is 12.7. The number of ether oxygens (including phenoxy) is 1. The van der Waals surface area contributed by atoms with Gasteiger partial charge in [-0.2, -0.15) is 0 Å². The van der Waals surface area contributed by atoms with E-state index >= 15 is 0 Å². The van der Waals surface area contributed by atoms with Gasteiger partial charge in [-0.25, -0.2) is 0 Å². The van der Waals surface area contributed by atoms with Gasteiger partial charge < -0.3 is 15.4 Å².